The number of fused-ring (bicyclic) bond motifs is 1. The van der Waals surface area contributed by atoms with Crippen LogP contribution in [0.4, 0.5) is 5.69 Å². The van der Waals surface area contributed by atoms with E-state index in [4.69, 9.17) is 16.7 Å². The first-order valence-corrected chi connectivity index (χ1v) is 10.6. The van der Waals surface area contributed by atoms with Crippen LogP contribution >= 0.6 is 22.9 Å². The Balaban J connectivity index is 1.48. The fourth-order valence-electron chi connectivity index (χ4n) is 3.19. The lowest BCUT2D eigenvalue weighted by atomic mass is 10.2. The molecule has 0 amide bonds. The molecular weight excluding hydrogens is 414 g/mol. The molecule has 0 spiro atoms. The third-order valence-corrected chi connectivity index (χ3v) is 5.72. The normalized spacial score (nSPS) is 11.4. The zero-order valence-electron chi connectivity index (χ0n) is 15.7. The Morgan fingerprint density at radius 1 is 1.03 bits per heavy atom. The lowest BCUT2D eigenvalue weighted by Crippen LogP contribution is -1.93. The van der Waals surface area contributed by atoms with Crippen molar-refractivity contribution in [3.8, 4) is 16.3 Å². The quantitative estimate of drug-likeness (QED) is 0.265. The molecule has 0 bridgehead atoms. The Hall–Kier alpha value is -3.48. The first-order chi connectivity index (χ1) is 14.8. The number of hydrogen-bond donors (Lipinski definition) is 1. The van der Waals surface area contributed by atoms with Crippen molar-refractivity contribution in [2.24, 2.45) is 5.10 Å². The van der Waals surface area contributed by atoms with Crippen LogP contribution in [0.5, 0.6) is 0 Å². The molecule has 146 valence electrons. The first-order valence-electron chi connectivity index (χ1n) is 9.30. The lowest BCUT2D eigenvalue weighted by Gasteiger charge is -2.05. The average Bonchev–Trinajstić information content (AvgIpc) is 3.44. The molecule has 0 aliphatic heterocycles. The number of nitrogens with zero attached hydrogens (tertiary/aromatic N) is 4. The fraction of sp³-hybridized carbons (Fsp3) is 0. The van der Waals surface area contributed by atoms with Crippen LogP contribution in [-0.2, 0) is 0 Å². The van der Waals surface area contributed by atoms with Gasteiger partial charge in [-0.15, -0.1) is 11.3 Å². The van der Waals surface area contributed by atoms with Crippen LogP contribution in [0, 0.1) is 0 Å². The highest BCUT2D eigenvalue weighted by molar-refractivity contribution is 7.13. The maximum absolute atomic E-state index is 6.08. The van der Waals surface area contributed by atoms with Gasteiger partial charge in [0.05, 0.1) is 28.0 Å². The Kier molecular flexibility index (Phi) is 5.01. The van der Waals surface area contributed by atoms with Crippen LogP contribution in [0.3, 0.4) is 0 Å². The number of thiophene rings is 1. The van der Waals surface area contributed by atoms with Crippen molar-refractivity contribution in [1.29, 1.82) is 0 Å². The molecule has 0 fully saturated rings. The zero-order valence-corrected chi connectivity index (χ0v) is 17.3. The predicted octanol–water partition coefficient (Wildman–Crippen LogP) is 6.25. The summed E-state index contributed by atoms with van der Waals surface area (Å²) < 4.78 is 1.88. The summed E-state index contributed by atoms with van der Waals surface area (Å²) >= 11 is 7.73. The third kappa shape index (κ3) is 3.70. The van der Waals surface area contributed by atoms with E-state index in [2.05, 4.69) is 21.6 Å². The van der Waals surface area contributed by atoms with E-state index in [1.165, 1.54) is 0 Å². The summed E-state index contributed by atoms with van der Waals surface area (Å²) in [5, 5.41) is 12.9. The third-order valence-electron chi connectivity index (χ3n) is 4.61. The number of halogens is 1. The molecule has 5 nitrogen and oxygen atoms in total. The van der Waals surface area contributed by atoms with Gasteiger partial charge >= 0.3 is 0 Å². The Bertz CT molecular complexity index is 1330. The molecule has 0 saturated heterocycles. The molecule has 0 aliphatic carbocycles. The maximum Gasteiger partial charge on any atom is 0.112 e. The van der Waals surface area contributed by atoms with Gasteiger partial charge in [0.2, 0.25) is 0 Å². The van der Waals surface area contributed by atoms with Crippen LogP contribution in [0.25, 0.3) is 27.2 Å². The van der Waals surface area contributed by atoms with Crippen molar-refractivity contribution in [3.63, 3.8) is 0 Å². The van der Waals surface area contributed by atoms with Gasteiger partial charge in [0.25, 0.3) is 0 Å². The maximum atomic E-state index is 6.08. The van der Waals surface area contributed by atoms with E-state index in [0.29, 0.717) is 5.02 Å². The minimum absolute atomic E-state index is 0.657. The van der Waals surface area contributed by atoms with Crippen LogP contribution in [0.2, 0.25) is 5.02 Å². The highest BCUT2D eigenvalue weighted by Gasteiger charge is 2.12. The molecule has 3 aromatic heterocycles. The van der Waals surface area contributed by atoms with Gasteiger partial charge in [0.15, 0.2) is 0 Å². The van der Waals surface area contributed by atoms with Crippen molar-refractivity contribution in [1.82, 2.24) is 14.8 Å². The van der Waals surface area contributed by atoms with Crippen LogP contribution < -0.4 is 5.43 Å². The van der Waals surface area contributed by atoms with E-state index in [1.54, 1.807) is 23.7 Å². The van der Waals surface area contributed by atoms with E-state index in [1.807, 2.05) is 76.9 Å². The van der Waals surface area contributed by atoms with Gasteiger partial charge < -0.3 is 0 Å². The number of hydrazone groups is 1. The van der Waals surface area contributed by atoms with Crippen LogP contribution in [0.1, 0.15) is 5.56 Å². The zero-order chi connectivity index (χ0) is 20.3. The van der Waals surface area contributed by atoms with E-state index >= 15 is 0 Å². The smallest absolute Gasteiger partial charge is 0.112 e. The minimum atomic E-state index is 0.657. The van der Waals surface area contributed by atoms with E-state index in [-0.39, 0.29) is 0 Å². The molecule has 5 rings (SSSR count). The van der Waals surface area contributed by atoms with Crippen LogP contribution in [0.15, 0.2) is 89.6 Å². The van der Waals surface area contributed by atoms with Crippen molar-refractivity contribution >= 4 is 45.7 Å². The van der Waals surface area contributed by atoms with Gasteiger partial charge in [0, 0.05) is 28.4 Å². The number of benzene rings is 2. The van der Waals surface area contributed by atoms with E-state index in [0.717, 1.165) is 38.4 Å². The van der Waals surface area contributed by atoms with E-state index in [9.17, 15) is 0 Å². The van der Waals surface area contributed by atoms with Gasteiger partial charge in [-0.3, -0.25) is 10.4 Å². The SMILES string of the molecule is Clc1ccc2c(NN=Cc3cn(-c4ccccc4)nc3-c3cccs3)ccnc2c1. The van der Waals surface area contributed by atoms with Gasteiger partial charge in [-0.05, 0) is 47.8 Å². The molecule has 0 radical (unpaired) electrons. The molecule has 2 aromatic carbocycles. The Labute approximate surface area is 182 Å². The van der Waals surface area contributed by atoms with Crippen molar-refractivity contribution in [3.05, 3.63) is 95.1 Å². The number of rotatable bonds is 5. The molecule has 0 aliphatic rings. The molecule has 7 heteroatoms. The molecule has 0 atom stereocenters. The van der Waals surface area contributed by atoms with Gasteiger partial charge in [-0.2, -0.15) is 10.2 Å². The topological polar surface area (TPSA) is 55.1 Å². The first kappa shape index (κ1) is 18.5. The molecule has 3 heterocycles. The molecular formula is C23H16ClN5S. The van der Waals surface area contributed by atoms with Crippen LogP contribution in [-0.4, -0.2) is 21.0 Å². The van der Waals surface area contributed by atoms with Gasteiger partial charge in [0.1, 0.15) is 5.69 Å². The Morgan fingerprint density at radius 3 is 2.77 bits per heavy atom. The number of nitrogens with one attached hydrogen (secondary N) is 1. The number of anilines is 1. The molecule has 0 unspecified atom stereocenters. The number of pyridine rings is 1. The monoisotopic (exact) mass is 429 g/mol. The summed E-state index contributed by atoms with van der Waals surface area (Å²) in [5.74, 6) is 0. The summed E-state index contributed by atoms with van der Waals surface area (Å²) in [7, 11) is 0. The lowest BCUT2D eigenvalue weighted by molar-refractivity contribution is 0.885. The molecule has 1 N–H and O–H groups in total. The molecule has 30 heavy (non-hydrogen) atoms. The van der Waals surface area contributed by atoms with Crippen molar-refractivity contribution in [2.45, 2.75) is 0 Å². The largest absolute Gasteiger partial charge is 0.278 e. The molecule has 0 saturated carbocycles. The second-order valence-electron chi connectivity index (χ2n) is 6.58. The Morgan fingerprint density at radius 2 is 1.93 bits per heavy atom. The standard InChI is InChI=1S/C23H16ClN5S/c24-17-8-9-19-20(10-11-25-21(19)13-17)27-26-14-16-15-29(18-5-2-1-3-6-18)28-23(16)22-7-4-12-30-22/h1-15H,(H,25,27). The summed E-state index contributed by atoms with van der Waals surface area (Å²) in [6.45, 7) is 0. The highest BCUT2D eigenvalue weighted by atomic mass is 35.5. The number of para-hydroxylation sites is 1. The summed E-state index contributed by atoms with van der Waals surface area (Å²) in [6.07, 6.45) is 5.52. The predicted molar refractivity (Wildman–Crippen MR) is 125 cm³/mol. The van der Waals surface area contributed by atoms with Crippen molar-refractivity contribution < 1.29 is 0 Å². The number of hydrogen-bond acceptors (Lipinski definition) is 5. The number of aromatic nitrogens is 3. The molecule has 5 aromatic rings. The van der Waals surface area contributed by atoms with Gasteiger partial charge in [-0.25, -0.2) is 4.68 Å². The van der Waals surface area contributed by atoms with Gasteiger partial charge in [-0.1, -0.05) is 35.9 Å². The highest BCUT2D eigenvalue weighted by Crippen LogP contribution is 2.27. The van der Waals surface area contributed by atoms with Crippen molar-refractivity contribution in [2.75, 3.05) is 5.43 Å². The average molecular weight is 430 g/mol. The minimum Gasteiger partial charge on any atom is -0.278 e. The summed E-state index contributed by atoms with van der Waals surface area (Å²) in [5.41, 5.74) is 7.63. The second kappa shape index (κ2) is 8.10. The second-order valence-corrected chi connectivity index (χ2v) is 7.96. The fourth-order valence-corrected chi connectivity index (χ4v) is 4.09. The summed E-state index contributed by atoms with van der Waals surface area (Å²) in [6, 6.07) is 21.6. The summed E-state index contributed by atoms with van der Waals surface area (Å²) in [4.78, 5) is 5.46. The van der Waals surface area contributed by atoms with E-state index < -0.39 is 0 Å².